The fourth-order valence-corrected chi connectivity index (χ4v) is 9.23. The van der Waals surface area contributed by atoms with E-state index in [-0.39, 0.29) is 17.3 Å². The standard InChI is InChI=1S/C38H46ClN3O5S/c1-37(2,3)19-17-35(43)40-48(45)20-7-5-6-10-33(46-4)30-14-11-28(30)23-42-24-38(18-8-9-26-21-29(39)13-15-31(26)38)25-47-34-16-12-27(22-32(34)42)36(44)41-48/h6,10,12-13,15-16,21-22,28,30,33H,5,7-9,11,14,18,20,23-25H2,1-4H3,(H,40,41,43,44,45)/b10-6+/t28-,30+,33-,38-,48+/m0/s1. The summed E-state index contributed by atoms with van der Waals surface area (Å²) < 4.78 is 33.4. The Morgan fingerprint density at radius 2 is 2.02 bits per heavy atom. The van der Waals surface area contributed by atoms with E-state index in [1.165, 1.54) is 11.1 Å². The number of methoxy groups -OCH3 is 1. The number of carbonyl (C=O) groups is 2. The Balaban J connectivity index is 1.41. The van der Waals surface area contributed by atoms with Gasteiger partial charge in [0.15, 0.2) is 0 Å². The van der Waals surface area contributed by atoms with Gasteiger partial charge < -0.3 is 14.4 Å². The second-order valence-corrected chi connectivity index (χ2v) is 17.2. The van der Waals surface area contributed by atoms with Crippen LogP contribution >= 0.6 is 11.6 Å². The number of rotatable bonds is 2. The quantitative estimate of drug-likeness (QED) is 0.272. The molecule has 2 aliphatic carbocycles. The fraction of sp³-hybridized carbons (Fsp3) is 0.526. The van der Waals surface area contributed by atoms with Crippen LogP contribution in [0.1, 0.15) is 80.8 Å². The van der Waals surface area contributed by atoms with Crippen LogP contribution in [-0.4, -0.2) is 54.7 Å². The van der Waals surface area contributed by atoms with Gasteiger partial charge in [0, 0.05) is 41.6 Å². The molecule has 256 valence electrons. The molecule has 0 radical (unpaired) electrons. The predicted octanol–water partition coefficient (Wildman–Crippen LogP) is 6.89. The molecule has 4 aliphatic rings. The number of hydrogen-bond acceptors (Lipinski definition) is 6. The lowest BCUT2D eigenvalue weighted by Gasteiger charge is -2.46. The van der Waals surface area contributed by atoms with E-state index in [0.717, 1.165) is 55.9 Å². The smallest absolute Gasteiger partial charge is 0.308 e. The summed E-state index contributed by atoms with van der Waals surface area (Å²) in [5, 5.41) is 0.741. The Morgan fingerprint density at radius 1 is 1.19 bits per heavy atom. The summed E-state index contributed by atoms with van der Waals surface area (Å²) in [7, 11) is -1.70. The van der Waals surface area contributed by atoms with Gasteiger partial charge in [-0.1, -0.05) is 35.7 Å². The van der Waals surface area contributed by atoms with Gasteiger partial charge in [0.25, 0.3) is 5.91 Å². The van der Waals surface area contributed by atoms with Crippen LogP contribution in [0.15, 0.2) is 52.9 Å². The molecule has 2 aliphatic heterocycles. The zero-order chi connectivity index (χ0) is 34.1. The third-order valence-corrected chi connectivity index (χ3v) is 12.1. The van der Waals surface area contributed by atoms with Crippen LogP contribution < -0.4 is 14.4 Å². The molecule has 1 fully saturated rings. The van der Waals surface area contributed by atoms with Crippen molar-refractivity contribution >= 4 is 39.0 Å². The molecule has 2 bridgehead atoms. The molecule has 8 nitrogen and oxygen atoms in total. The van der Waals surface area contributed by atoms with Gasteiger partial charge in [0.1, 0.15) is 15.7 Å². The molecule has 1 N–H and O–H groups in total. The normalized spacial score (nSPS) is 29.4. The lowest BCUT2D eigenvalue weighted by atomic mass is 9.68. The molecule has 2 aromatic rings. The maximum Gasteiger partial charge on any atom is 0.308 e. The number of carbonyl (C=O) groups excluding carboxylic acids is 2. The molecule has 10 heteroatoms. The third kappa shape index (κ3) is 7.61. The Labute approximate surface area is 290 Å². The molecule has 0 unspecified atom stereocenters. The molecule has 48 heavy (non-hydrogen) atoms. The zero-order valence-electron chi connectivity index (χ0n) is 28.4. The van der Waals surface area contributed by atoms with Crippen LogP contribution in [0.2, 0.25) is 5.02 Å². The van der Waals surface area contributed by atoms with E-state index in [1.807, 2.05) is 39.0 Å². The van der Waals surface area contributed by atoms with Crippen LogP contribution in [0.4, 0.5) is 5.69 Å². The van der Waals surface area contributed by atoms with E-state index in [1.54, 1.807) is 13.2 Å². The first-order valence-electron chi connectivity index (χ1n) is 17.0. The number of nitrogens with one attached hydrogen (secondary N) is 1. The van der Waals surface area contributed by atoms with Crippen molar-refractivity contribution in [3.63, 3.8) is 0 Å². The topological polar surface area (TPSA) is 97.3 Å². The van der Waals surface area contributed by atoms with Gasteiger partial charge in [-0.05, 0) is 125 Å². The minimum atomic E-state index is -3.46. The highest BCUT2D eigenvalue weighted by atomic mass is 35.5. The largest absolute Gasteiger partial charge is 0.490 e. The number of hydrogen-bond donors (Lipinski definition) is 1. The van der Waals surface area contributed by atoms with Gasteiger partial charge in [0.05, 0.1) is 24.2 Å². The highest BCUT2D eigenvalue weighted by molar-refractivity contribution is 7.92. The monoisotopic (exact) mass is 691 g/mol. The lowest BCUT2D eigenvalue weighted by molar-refractivity contribution is -0.114. The summed E-state index contributed by atoms with van der Waals surface area (Å²) in [6, 6.07) is 11.5. The minimum absolute atomic E-state index is 0.0157. The summed E-state index contributed by atoms with van der Waals surface area (Å²) in [5.41, 5.74) is 2.99. The molecule has 2 heterocycles. The summed E-state index contributed by atoms with van der Waals surface area (Å²) >= 11 is 6.44. The molecule has 1 saturated carbocycles. The molecular weight excluding hydrogens is 646 g/mol. The van der Waals surface area contributed by atoms with Crippen molar-refractivity contribution in [1.82, 2.24) is 4.72 Å². The van der Waals surface area contributed by atoms with Gasteiger partial charge >= 0.3 is 5.91 Å². The van der Waals surface area contributed by atoms with Gasteiger partial charge in [0.2, 0.25) is 0 Å². The van der Waals surface area contributed by atoms with Crippen molar-refractivity contribution in [1.29, 1.82) is 0 Å². The number of amides is 2. The van der Waals surface area contributed by atoms with Gasteiger partial charge in [-0.3, -0.25) is 14.3 Å². The van der Waals surface area contributed by atoms with E-state index in [9.17, 15) is 13.8 Å². The van der Waals surface area contributed by atoms with Crippen molar-refractivity contribution in [2.75, 3.05) is 37.5 Å². The molecule has 0 saturated heterocycles. The number of allylic oxidation sites excluding steroid dienone is 1. The molecule has 0 aromatic heterocycles. The number of fused-ring (bicyclic) bond motifs is 4. The summed E-state index contributed by atoms with van der Waals surface area (Å²) in [6.45, 7) is 7.67. The molecule has 1 spiro atoms. The van der Waals surface area contributed by atoms with Crippen molar-refractivity contribution in [3.05, 3.63) is 70.3 Å². The SMILES string of the molecule is CO[C@H]1/C=C/CCC[S@@](=O)(NC(=O)C#CC(C)(C)C)=NC(=O)c2ccc3c(c2)N(C[C@@H]2CC[C@H]21)C[C@@]1(CCCc2cc(Cl)ccc21)CO3. The summed E-state index contributed by atoms with van der Waals surface area (Å²) in [4.78, 5) is 28.9. The summed E-state index contributed by atoms with van der Waals surface area (Å²) in [6.07, 6.45) is 10.4. The Morgan fingerprint density at radius 3 is 2.77 bits per heavy atom. The average Bonchev–Trinajstić information content (AvgIpc) is 3.17. The van der Waals surface area contributed by atoms with Gasteiger partial charge in [-0.25, -0.2) is 4.21 Å². The summed E-state index contributed by atoms with van der Waals surface area (Å²) in [5.74, 6) is 5.50. The van der Waals surface area contributed by atoms with E-state index in [4.69, 9.17) is 21.1 Å². The zero-order valence-corrected chi connectivity index (χ0v) is 29.9. The Kier molecular flexibility index (Phi) is 10.00. The number of anilines is 1. The second kappa shape index (κ2) is 13.9. The Bertz CT molecular complexity index is 1800. The number of ether oxygens (including phenoxy) is 2. The second-order valence-electron chi connectivity index (χ2n) is 14.7. The molecular formula is C38H46ClN3O5S. The van der Waals surface area contributed by atoms with Crippen LogP contribution in [0.3, 0.4) is 0 Å². The van der Waals surface area contributed by atoms with Crippen LogP contribution in [0.25, 0.3) is 0 Å². The van der Waals surface area contributed by atoms with E-state index in [0.29, 0.717) is 42.6 Å². The number of aryl methyl sites for hydroxylation is 1. The maximum atomic E-state index is 14.1. The first-order chi connectivity index (χ1) is 22.9. The van der Waals surface area contributed by atoms with Crippen molar-refractivity contribution in [2.45, 2.75) is 77.2 Å². The third-order valence-electron chi connectivity index (χ3n) is 10.1. The fourth-order valence-electron chi connectivity index (χ4n) is 7.53. The van der Waals surface area contributed by atoms with Crippen LogP contribution in [-0.2, 0) is 31.3 Å². The lowest BCUT2D eigenvalue weighted by Crippen LogP contribution is -2.49. The number of nitrogens with zero attached hydrogens (tertiary/aromatic N) is 2. The van der Waals surface area contributed by atoms with E-state index < -0.39 is 27.1 Å². The minimum Gasteiger partial charge on any atom is -0.490 e. The molecule has 2 amide bonds. The van der Waals surface area contributed by atoms with Crippen LogP contribution in [0, 0.1) is 29.1 Å². The van der Waals surface area contributed by atoms with Gasteiger partial charge in [-0.2, -0.15) is 0 Å². The van der Waals surface area contributed by atoms with Gasteiger partial charge in [-0.15, -0.1) is 4.36 Å². The van der Waals surface area contributed by atoms with Crippen molar-refractivity contribution < 1.29 is 23.3 Å². The number of halogens is 1. The van der Waals surface area contributed by atoms with Crippen molar-refractivity contribution in [3.8, 4) is 17.6 Å². The van der Waals surface area contributed by atoms with Crippen molar-refractivity contribution in [2.24, 2.45) is 21.6 Å². The maximum absolute atomic E-state index is 14.1. The predicted molar refractivity (Wildman–Crippen MR) is 191 cm³/mol. The average molecular weight is 692 g/mol. The first-order valence-corrected chi connectivity index (χ1v) is 19.1. The highest BCUT2D eigenvalue weighted by Crippen LogP contribution is 2.47. The number of benzene rings is 2. The van der Waals surface area contributed by atoms with E-state index >= 15 is 0 Å². The molecule has 5 atom stereocenters. The van der Waals surface area contributed by atoms with E-state index in [2.05, 4.69) is 50.1 Å². The highest BCUT2D eigenvalue weighted by Gasteiger charge is 2.44. The molecule has 6 rings (SSSR count). The first kappa shape index (κ1) is 34.5. The Hall–Kier alpha value is -3.32. The molecule has 2 aromatic carbocycles. The van der Waals surface area contributed by atoms with Crippen LogP contribution in [0.5, 0.6) is 5.75 Å².